The van der Waals surface area contributed by atoms with Crippen LogP contribution in [0.4, 0.5) is 0 Å². The van der Waals surface area contributed by atoms with Crippen LogP contribution < -0.4 is 10.5 Å². The monoisotopic (exact) mass is 273 g/mol. The van der Waals surface area contributed by atoms with Crippen LogP contribution in [0.25, 0.3) is 0 Å². The molecule has 1 aromatic carbocycles. The minimum absolute atomic E-state index is 0.329. The predicted octanol–water partition coefficient (Wildman–Crippen LogP) is 2.63. The maximum atomic E-state index is 5.91. The second-order valence-corrected chi connectivity index (χ2v) is 5.26. The molecule has 0 aliphatic heterocycles. The van der Waals surface area contributed by atoms with Gasteiger partial charge in [-0.05, 0) is 37.8 Å². The Morgan fingerprint density at radius 3 is 2.65 bits per heavy atom. The van der Waals surface area contributed by atoms with Crippen LogP contribution in [0.3, 0.4) is 0 Å². The van der Waals surface area contributed by atoms with E-state index in [1.54, 1.807) is 0 Å². The van der Waals surface area contributed by atoms with Crippen molar-refractivity contribution in [3.8, 4) is 5.75 Å². The number of nitrogens with two attached hydrogens (primary N) is 1. The Kier molecular flexibility index (Phi) is 3.97. The number of nitrogens with zero attached hydrogens (tertiary/aromatic N) is 2. The molecular weight excluding hydrogens is 254 g/mol. The zero-order valence-corrected chi connectivity index (χ0v) is 11.4. The molecule has 2 N–H and O–H groups in total. The molecule has 20 heavy (non-hydrogen) atoms. The molecule has 1 aliphatic carbocycles. The topological polar surface area (TPSA) is 74.2 Å². The van der Waals surface area contributed by atoms with Crippen LogP contribution in [0, 0.1) is 0 Å². The van der Waals surface area contributed by atoms with Crippen molar-refractivity contribution < 1.29 is 9.26 Å². The minimum Gasteiger partial charge on any atom is -0.485 e. The number of hydrogen-bond donors (Lipinski definition) is 1. The Bertz CT molecular complexity index is 533. The van der Waals surface area contributed by atoms with E-state index in [-0.39, 0.29) is 0 Å². The van der Waals surface area contributed by atoms with E-state index in [0.29, 0.717) is 24.4 Å². The first kappa shape index (κ1) is 13.1. The average Bonchev–Trinajstić information content (AvgIpc) is 2.96. The van der Waals surface area contributed by atoms with Crippen LogP contribution in [0.5, 0.6) is 5.75 Å². The molecule has 2 aromatic rings. The lowest BCUT2D eigenvalue weighted by atomic mass is 9.86. The van der Waals surface area contributed by atoms with E-state index >= 15 is 0 Å². The highest BCUT2D eigenvalue weighted by atomic mass is 16.5. The van der Waals surface area contributed by atoms with E-state index in [9.17, 15) is 0 Å². The number of benzene rings is 1. The zero-order valence-electron chi connectivity index (χ0n) is 11.4. The largest absolute Gasteiger partial charge is 0.485 e. The van der Waals surface area contributed by atoms with Crippen LogP contribution in [-0.4, -0.2) is 16.2 Å². The highest BCUT2D eigenvalue weighted by Crippen LogP contribution is 2.31. The molecule has 106 valence electrons. The molecule has 3 rings (SSSR count). The molecule has 1 heterocycles. The molecule has 5 heteroatoms. The van der Waals surface area contributed by atoms with Crippen LogP contribution in [0.2, 0.25) is 0 Å². The van der Waals surface area contributed by atoms with Gasteiger partial charge in [0.1, 0.15) is 5.75 Å². The number of rotatable bonds is 4. The van der Waals surface area contributed by atoms with E-state index in [0.717, 1.165) is 37.3 Å². The van der Waals surface area contributed by atoms with Crippen molar-refractivity contribution in [2.45, 2.75) is 44.2 Å². The molecule has 1 aliphatic rings. The van der Waals surface area contributed by atoms with Crippen molar-refractivity contribution in [1.29, 1.82) is 0 Å². The molecule has 1 fully saturated rings. The Balaban J connectivity index is 1.57. The van der Waals surface area contributed by atoms with E-state index in [1.807, 2.05) is 30.3 Å². The molecule has 0 bridgehead atoms. The van der Waals surface area contributed by atoms with Crippen molar-refractivity contribution in [1.82, 2.24) is 10.1 Å². The van der Waals surface area contributed by atoms with Crippen molar-refractivity contribution in [3.63, 3.8) is 0 Å². The zero-order chi connectivity index (χ0) is 13.8. The fourth-order valence-electron chi connectivity index (χ4n) is 2.52. The van der Waals surface area contributed by atoms with Gasteiger partial charge < -0.3 is 15.0 Å². The van der Waals surface area contributed by atoms with E-state index in [4.69, 9.17) is 15.0 Å². The SMILES string of the molecule is NC1CCC(c2nc(COc3ccccc3)no2)CC1. The second-order valence-electron chi connectivity index (χ2n) is 5.26. The quantitative estimate of drug-likeness (QED) is 0.927. The van der Waals surface area contributed by atoms with Gasteiger partial charge in [-0.2, -0.15) is 4.98 Å². The van der Waals surface area contributed by atoms with Gasteiger partial charge in [0.15, 0.2) is 6.61 Å². The number of para-hydroxylation sites is 1. The summed E-state index contributed by atoms with van der Waals surface area (Å²) in [6.07, 6.45) is 4.12. The smallest absolute Gasteiger partial charge is 0.229 e. The first-order chi connectivity index (χ1) is 9.81. The highest BCUT2D eigenvalue weighted by molar-refractivity contribution is 5.20. The summed E-state index contributed by atoms with van der Waals surface area (Å²) >= 11 is 0. The van der Waals surface area contributed by atoms with Gasteiger partial charge in [0.25, 0.3) is 0 Å². The Morgan fingerprint density at radius 2 is 1.90 bits per heavy atom. The van der Waals surface area contributed by atoms with Gasteiger partial charge in [-0.15, -0.1) is 0 Å². The molecular formula is C15H19N3O2. The lowest BCUT2D eigenvalue weighted by molar-refractivity contribution is 0.277. The normalized spacial score (nSPS) is 22.6. The van der Waals surface area contributed by atoms with Crippen LogP contribution in [0.15, 0.2) is 34.9 Å². The predicted molar refractivity (Wildman–Crippen MR) is 74.3 cm³/mol. The standard InChI is InChI=1S/C15H19N3O2/c16-12-8-6-11(7-9-12)15-17-14(18-20-15)10-19-13-4-2-1-3-5-13/h1-5,11-12H,6-10,16H2. The number of aromatic nitrogens is 2. The maximum absolute atomic E-state index is 5.91. The second kappa shape index (κ2) is 6.05. The van der Waals surface area contributed by atoms with E-state index in [1.165, 1.54) is 0 Å². The van der Waals surface area contributed by atoms with Crippen molar-refractivity contribution >= 4 is 0 Å². The molecule has 0 radical (unpaired) electrons. The van der Waals surface area contributed by atoms with Gasteiger partial charge in [-0.25, -0.2) is 0 Å². The van der Waals surface area contributed by atoms with E-state index < -0.39 is 0 Å². The molecule has 0 saturated heterocycles. The lowest BCUT2D eigenvalue weighted by Gasteiger charge is -2.22. The van der Waals surface area contributed by atoms with Gasteiger partial charge in [-0.1, -0.05) is 23.4 Å². The summed E-state index contributed by atoms with van der Waals surface area (Å²) in [5.41, 5.74) is 5.91. The van der Waals surface area contributed by atoms with Gasteiger partial charge in [0.05, 0.1) is 0 Å². The molecule has 0 atom stereocenters. The van der Waals surface area contributed by atoms with Gasteiger partial charge in [0.2, 0.25) is 11.7 Å². The van der Waals surface area contributed by atoms with Gasteiger partial charge >= 0.3 is 0 Å². The van der Waals surface area contributed by atoms with Crippen molar-refractivity contribution in [2.24, 2.45) is 5.73 Å². The molecule has 0 spiro atoms. The lowest BCUT2D eigenvalue weighted by Crippen LogP contribution is -2.25. The summed E-state index contributed by atoms with van der Waals surface area (Å²) in [6.45, 7) is 0.333. The third-order valence-electron chi connectivity index (χ3n) is 3.72. The molecule has 0 amide bonds. The summed E-state index contributed by atoms with van der Waals surface area (Å²) in [6, 6.07) is 9.96. The molecule has 0 unspecified atom stereocenters. The fourth-order valence-corrected chi connectivity index (χ4v) is 2.52. The Morgan fingerprint density at radius 1 is 1.15 bits per heavy atom. The van der Waals surface area contributed by atoms with Crippen LogP contribution in [-0.2, 0) is 6.61 Å². The van der Waals surface area contributed by atoms with Crippen LogP contribution in [0.1, 0.15) is 43.3 Å². The first-order valence-electron chi connectivity index (χ1n) is 7.07. The number of hydrogen-bond acceptors (Lipinski definition) is 5. The molecule has 1 aromatic heterocycles. The summed E-state index contributed by atoms with van der Waals surface area (Å²) in [5.74, 6) is 2.48. The Hall–Kier alpha value is -1.88. The molecule has 1 saturated carbocycles. The van der Waals surface area contributed by atoms with Crippen LogP contribution >= 0.6 is 0 Å². The summed E-state index contributed by atoms with van der Waals surface area (Å²) in [4.78, 5) is 4.43. The number of ether oxygens (including phenoxy) is 1. The highest BCUT2D eigenvalue weighted by Gasteiger charge is 2.24. The first-order valence-corrected chi connectivity index (χ1v) is 7.07. The third kappa shape index (κ3) is 3.17. The van der Waals surface area contributed by atoms with Gasteiger partial charge in [-0.3, -0.25) is 0 Å². The minimum atomic E-state index is 0.329. The average molecular weight is 273 g/mol. The van der Waals surface area contributed by atoms with Crippen molar-refractivity contribution in [2.75, 3.05) is 0 Å². The van der Waals surface area contributed by atoms with Crippen molar-refractivity contribution in [3.05, 3.63) is 42.0 Å². The summed E-state index contributed by atoms with van der Waals surface area (Å²) in [7, 11) is 0. The fraction of sp³-hybridized carbons (Fsp3) is 0.467. The molecule has 5 nitrogen and oxygen atoms in total. The van der Waals surface area contributed by atoms with Gasteiger partial charge in [0, 0.05) is 12.0 Å². The summed E-state index contributed by atoms with van der Waals surface area (Å²) < 4.78 is 11.0. The Labute approximate surface area is 118 Å². The summed E-state index contributed by atoms with van der Waals surface area (Å²) in [5, 5.41) is 3.98. The maximum Gasteiger partial charge on any atom is 0.229 e. The third-order valence-corrected chi connectivity index (χ3v) is 3.72. The van der Waals surface area contributed by atoms with E-state index in [2.05, 4.69) is 10.1 Å².